The molecule has 1 N–H and O–H groups in total. The van der Waals surface area contributed by atoms with Crippen LogP contribution < -0.4 is 5.32 Å². The molecule has 0 aromatic heterocycles. The molecule has 1 unspecified atom stereocenters. The van der Waals surface area contributed by atoms with Gasteiger partial charge < -0.3 is 5.32 Å². The Hall–Kier alpha value is -1.19. The van der Waals surface area contributed by atoms with E-state index in [1.807, 2.05) is 41.5 Å². The van der Waals surface area contributed by atoms with E-state index in [2.05, 4.69) is 5.32 Å². The fourth-order valence-corrected chi connectivity index (χ4v) is 2.45. The summed E-state index contributed by atoms with van der Waals surface area (Å²) >= 11 is 0. The van der Waals surface area contributed by atoms with Crippen molar-refractivity contribution in [2.24, 2.45) is 17.8 Å². The third-order valence-corrected chi connectivity index (χ3v) is 4.19. The first-order chi connectivity index (χ1) is 10.7. The predicted molar refractivity (Wildman–Crippen MR) is 94.2 cm³/mol. The molecule has 0 aliphatic heterocycles. The third kappa shape index (κ3) is 9.52. The Morgan fingerprint density at radius 3 is 1.96 bits per heavy atom. The minimum atomic E-state index is -0.385. The molecule has 0 aliphatic carbocycles. The Bertz CT molecular complexity index is 388. The Kier molecular flexibility index (Phi) is 10.8. The van der Waals surface area contributed by atoms with Gasteiger partial charge in [0.05, 0.1) is 6.04 Å². The van der Waals surface area contributed by atoms with E-state index < -0.39 is 0 Å². The Balaban J connectivity index is 4.23. The van der Waals surface area contributed by atoms with E-state index in [9.17, 15) is 14.4 Å². The lowest BCUT2D eigenvalue weighted by molar-refractivity contribution is -0.130. The highest BCUT2D eigenvalue weighted by atomic mass is 16.2. The molecule has 0 heterocycles. The van der Waals surface area contributed by atoms with Gasteiger partial charge in [0.15, 0.2) is 5.78 Å². The molecule has 0 aromatic carbocycles. The molecule has 134 valence electrons. The molecule has 2 atom stereocenters. The smallest absolute Gasteiger partial charge is 0.220 e. The lowest BCUT2D eigenvalue weighted by atomic mass is 9.94. The number of hydrogen-bond acceptors (Lipinski definition) is 3. The van der Waals surface area contributed by atoms with E-state index in [1.165, 1.54) is 0 Å². The number of unbranched alkanes of at least 4 members (excludes halogenated alkanes) is 1. The Morgan fingerprint density at radius 1 is 0.913 bits per heavy atom. The summed E-state index contributed by atoms with van der Waals surface area (Å²) in [4.78, 5) is 36.0. The van der Waals surface area contributed by atoms with Gasteiger partial charge in [-0.3, -0.25) is 14.4 Å². The second-order valence-electron chi connectivity index (χ2n) is 7.29. The molecule has 0 bridgehead atoms. The standard InChI is InChI=1S/C19H35NO3/c1-7-15(6)17(21)10-8-9-11-18(22)20-16(12-13(2)3)19(23)14(4)5/h13-16H,7-12H2,1-6H3,(H,20,22)/t15?,16-/m0/s1. The lowest BCUT2D eigenvalue weighted by Gasteiger charge is -2.21. The topological polar surface area (TPSA) is 63.2 Å². The van der Waals surface area contributed by atoms with Crippen LogP contribution in [0.3, 0.4) is 0 Å². The van der Waals surface area contributed by atoms with Crippen LogP contribution in [0.25, 0.3) is 0 Å². The van der Waals surface area contributed by atoms with Crippen molar-refractivity contribution in [1.82, 2.24) is 5.32 Å². The minimum absolute atomic E-state index is 0.0767. The van der Waals surface area contributed by atoms with Gasteiger partial charge in [-0.15, -0.1) is 0 Å². The van der Waals surface area contributed by atoms with Crippen molar-refractivity contribution in [2.45, 2.75) is 86.1 Å². The van der Waals surface area contributed by atoms with E-state index in [0.29, 0.717) is 31.6 Å². The van der Waals surface area contributed by atoms with Gasteiger partial charge in [-0.1, -0.05) is 41.5 Å². The molecular weight excluding hydrogens is 290 g/mol. The molecule has 0 aliphatic rings. The van der Waals surface area contributed by atoms with E-state index in [4.69, 9.17) is 0 Å². The van der Waals surface area contributed by atoms with Gasteiger partial charge in [0.1, 0.15) is 5.78 Å². The molecule has 1 amide bonds. The Morgan fingerprint density at radius 2 is 1.48 bits per heavy atom. The summed E-state index contributed by atoms with van der Waals surface area (Å²) in [7, 11) is 0. The van der Waals surface area contributed by atoms with Crippen LogP contribution in [0, 0.1) is 17.8 Å². The Labute approximate surface area is 141 Å². The van der Waals surface area contributed by atoms with Crippen molar-refractivity contribution in [3.8, 4) is 0 Å². The third-order valence-electron chi connectivity index (χ3n) is 4.19. The molecule has 4 nitrogen and oxygen atoms in total. The number of Topliss-reactive ketones (excluding diaryl/α,β-unsaturated/α-hetero) is 2. The van der Waals surface area contributed by atoms with Crippen LogP contribution in [0.4, 0.5) is 0 Å². The van der Waals surface area contributed by atoms with E-state index in [0.717, 1.165) is 12.8 Å². The molecule has 4 heteroatoms. The van der Waals surface area contributed by atoms with Gasteiger partial charge in [-0.25, -0.2) is 0 Å². The maximum atomic E-state index is 12.2. The number of hydrogen-bond donors (Lipinski definition) is 1. The first-order valence-corrected chi connectivity index (χ1v) is 9.04. The molecule has 23 heavy (non-hydrogen) atoms. The van der Waals surface area contributed by atoms with Crippen molar-refractivity contribution in [3.63, 3.8) is 0 Å². The summed E-state index contributed by atoms with van der Waals surface area (Å²) in [6.07, 6.45) is 3.90. The zero-order valence-corrected chi connectivity index (χ0v) is 15.8. The normalized spacial score (nSPS) is 13.9. The number of nitrogens with one attached hydrogen (secondary N) is 1. The van der Waals surface area contributed by atoms with Crippen LogP contribution in [0.2, 0.25) is 0 Å². The average molecular weight is 325 g/mol. The summed E-state index contributed by atoms with van der Waals surface area (Å²) < 4.78 is 0. The van der Waals surface area contributed by atoms with Crippen LogP contribution in [0.15, 0.2) is 0 Å². The van der Waals surface area contributed by atoms with E-state index in [-0.39, 0.29) is 35.4 Å². The van der Waals surface area contributed by atoms with Crippen LogP contribution in [-0.4, -0.2) is 23.5 Å². The number of rotatable bonds is 12. The van der Waals surface area contributed by atoms with Gasteiger partial charge in [-0.05, 0) is 31.6 Å². The summed E-state index contributed by atoms with van der Waals surface area (Å²) in [5.74, 6) is 0.687. The average Bonchev–Trinajstić information content (AvgIpc) is 2.48. The molecule has 0 fully saturated rings. The zero-order chi connectivity index (χ0) is 18.0. The number of amides is 1. The second kappa shape index (κ2) is 11.4. The maximum absolute atomic E-state index is 12.2. The van der Waals surface area contributed by atoms with Crippen LogP contribution >= 0.6 is 0 Å². The van der Waals surface area contributed by atoms with Crippen LogP contribution in [0.5, 0.6) is 0 Å². The van der Waals surface area contributed by atoms with Crippen molar-refractivity contribution in [3.05, 3.63) is 0 Å². The van der Waals surface area contributed by atoms with E-state index >= 15 is 0 Å². The largest absolute Gasteiger partial charge is 0.346 e. The van der Waals surface area contributed by atoms with Gasteiger partial charge in [-0.2, -0.15) is 0 Å². The molecule has 0 saturated heterocycles. The van der Waals surface area contributed by atoms with Crippen LogP contribution in [0.1, 0.15) is 80.1 Å². The zero-order valence-electron chi connectivity index (χ0n) is 15.8. The van der Waals surface area contributed by atoms with Gasteiger partial charge >= 0.3 is 0 Å². The summed E-state index contributed by atoms with van der Waals surface area (Å²) in [6.45, 7) is 11.8. The summed E-state index contributed by atoms with van der Waals surface area (Å²) in [5.41, 5.74) is 0. The molecule has 0 rings (SSSR count). The molecule has 0 spiro atoms. The highest BCUT2D eigenvalue weighted by molar-refractivity contribution is 5.90. The van der Waals surface area contributed by atoms with Crippen LogP contribution in [-0.2, 0) is 14.4 Å². The van der Waals surface area contributed by atoms with Crippen molar-refractivity contribution in [1.29, 1.82) is 0 Å². The molecule has 0 aromatic rings. The lowest BCUT2D eigenvalue weighted by Crippen LogP contribution is -2.43. The van der Waals surface area contributed by atoms with E-state index in [1.54, 1.807) is 0 Å². The van der Waals surface area contributed by atoms with Crippen molar-refractivity contribution >= 4 is 17.5 Å². The quantitative estimate of drug-likeness (QED) is 0.553. The molecule has 0 radical (unpaired) electrons. The molecular formula is C19H35NO3. The SMILES string of the molecule is CCC(C)C(=O)CCCCC(=O)N[C@@H](CC(C)C)C(=O)C(C)C. The second-order valence-corrected chi connectivity index (χ2v) is 7.29. The van der Waals surface area contributed by atoms with Gasteiger partial charge in [0, 0.05) is 24.7 Å². The first-order valence-electron chi connectivity index (χ1n) is 9.04. The van der Waals surface area contributed by atoms with Crippen molar-refractivity contribution < 1.29 is 14.4 Å². The number of carbonyl (C=O) groups excluding carboxylic acids is 3. The predicted octanol–water partition coefficient (Wildman–Crippen LogP) is 3.92. The van der Waals surface area contributed by atoms with Gasteiger partial charge in [0.2, 0.25) is 5.91 Å². The number of carbonyl (C=O) groups is 3. The maximum Gasteiger partial charge on any atom is 0.220 e. The number of ketones is 2. The highest BCUT2D eigenvalue weighted by Gasteiger charge is 2.23. The minimum Gasteiger partial charge on any atom is -0.346 e. The molecule has 0 saturated carbocycles. The fraction of sp³-hybridized carbons (Fsp3) is 0.842. The monoisotopic (exact) mass is 325 g/mol. The first kappa shape index (κ1) is 21.8. The van der Waals surface area contributed by atoms with Crippen molar-refractivity contribution in [2.75, 3.05) is 0 Å². The highest BCUT2D eigenvalue weighted by Crippen LogP contribution is 2.12. The van der Waals surface area contributed by atoms with Gasteiger partial charge in [0.25, 0.3) is 0 Å². The summed E-state index contributed by atoms with van der Waals surface area (Å²) in [5, 5.41) is 2.88. The summed E-state index contributed by atoms with van der Waals surface area (Å²) in [6, 6.07) is -0.385. The fourth-order valence-electron chi connectivity index (χ4n) is 2.45.